The molecule has 0 fully saturated rings. The van der Waals surface area contributed by atoms with Crippen LogP contribution in [0.15, 0.2) is 36.5 Å². The minimum atomic E-state index is 0.105. The van der Waals surface area contributed by atoms with Crippen LogP contribution in [0.4, 0.5) is 0 Å². The highest BCUT2D eigenvalue weighted by Gasteiger charge is 2.59. The van der Waals surface area contributed by atoms with Crippen LogP contribution in [0.1, 0.15) is 64.7 Å². The Hall–Kier alpha value is -1.89. The fraction of sp³-hybridized carbons (Fsp3) is 0.458. The van der Waals surface area contributed by atoms with E-state index in [0.29, 0.717) is 0 Å². The van der Waals surface area contributed by atoms with Crippen LogP contribution < -0.4 is 0 Å². The van der Waals surface area contributed by atoms with Gasteiger partial charge in [-0.25, -0.2) is 0 Å². The first-order chi connectivity index (χ1) is 11.7. The topological polar surface area (TPSA) is 12.9 Å². The standard InChI is InChI=1S/C24H29N/c1-8-24(7)20-18-13-15(2)16-11-9-10-12-17(16)21(18)25-14-19(20)22(3,4)23(24,5)6/h9-14H,8H2,1-7H3. The molecule has 0 aliphatic heterocycles. The molecule has 0 N–H and O–H groups in total. The molecule has 4 rings (SSSR count). The lowest BCUT2D eigenvalue weighted by Gasteiger charge is -2.46. The fourth-order valence-corrected chi connectivity index (χ4v) is 5.24. The van der Waals surface area contributed by atoms with Crippen molar-refractivity contribution in [3.63, 3.8) is 0 Å². The normalized spacial score (nSPS) is 24.0. The summed E-state index contributed by atoms with van der Waals surface area (Å²) in [5, 5.41) is 3.95. The molecule has 0 spiro atoms. The SMILES string of the molecule is CCC1(C)c2c(cnc3c2cc(C)c2ccccc23)C(C)(C)C1(C)C. The summed E-state index contributed by atoms with van der Waals surface area (Å²) in [6.07, 6.45) is 3.31. The van der Waals surface area contributed by atoms with Crippen LogP contribution in [0.2, 0.25) is 0 Å². The number of aryl methyl sites for hydroxylation is 1. The van der Waals surface area contributed by atoms with E-state index < -0.39 is 0 Å². The van der Waals surface area contributed by atoms with E-state index in [1.807, 2.05) is 0 Å². The molecule has 25 heavy (non-hydrogen) atoms. The predicted octanol–water partition coefficient (Wildman–Crippen LogP) is 6.68. The Balaban J connectivity index is 2.24. The highest BCUT2D eigenvalue weighted by atomic mass is 14.7. The zero-order chi connectivity index (χ0) is 18.2. The number of benzene rings is 2. The molecule has 0 bridgehead atoms. The van der Waals surface area contributed by atoms with Crippen LogP contribution in [0.5, 0.6) is 0 Å². The molecule has 1 heteroatoms. The van der Waals surface area contributed by atoms with Crippen molar-refractivity contribution < 1.29 is 0 Å². The molecule has 1 unspecified atom stereocenters. The Kier molecular flexibility index (Phi) is 3.21. The largest absolute Gasteiger partial charge is 0.255 e. The third-order valence-corrected chi connectivity index (χ3v) is 7.96. The molecule has 0 amide bonds. The molecule has 1 aliphatic carbocycles. The molecule has 1 aliphatic rings. The van der Waals surface area contributed by atoms with E-state index in [2.05, 4.69) is 85.0 Å². The monoisotopic (exact) mass is 331 g/mol. The summed E-state index contributed by atoms with van der Waals surface area (Å²) in [6.45, 7) is 16.7. The van der Waals surface area contributed by atoms with Gasteiger partial charge in [0, 0.05) is 17.0 Å². The molecule has 3 aromatic rings. The van der Waals surface area contributed by atoms with Gasteiger partial charge >= 0.3 is 0 Å². The lowest BCUT2D eigenvalue weighted by Crippen LogP contribution is -2.43. The maximum Gasteiger partial charge on any atom is 0.0783 e. The molecular weight excluding hydrogens is 302 g/mol. The second-order valence-corrected chi connectivity index (χ2v) is 9.12. The van der Waals surface area contributed by atoms with Gasteiger partial charge < -0.3 is 0 Å². The summed E-state index contributed by atoms with van der Waals surface area (Å²) in [7, 11) is 0. The molecule has 0 saturated heterocycles. The van der Waals surface area contributed by atoms with Crippen molar-refractivity contribution in [1.82, 2.24) is 4.98 Å². The van der Waals surface area contributed by atoms with Gasteiger partial charge in [0.05, 0.1) is 5.52 Å². The summed E-state index contributed by atoms with van der Waals surface area (Å²) < 4.78 is 0. The first-order valence-electron chi connectivity index (χ1n) is 9.49. The van der Waals surface area contributed by atoms with Gasteiger partial charge in [-0.1, -0.05) is 65.8 Å². The van der Waals surface area contributed by atoms with Crippen molar-refractivity contribution >= 4 is 21.7 Å². The second-order valence-electron chi connectivity index (χ2n) is 9.12. The molecule has 1 nitrogen and oxygen atoms in total. The van der Waals surface area contributed by atoms with Crippen LogP contribution in [-0.2, 0) is 10.8 Å². The zero-order valence-corrected chi connectivity index (χ0v) is 16.6. The molecule has 1 aromatic heterocycles. The number of aromatic nitrogens is 1. The van der Waals surface area contributed by atoms with E-state index >= 15 is 0 Å². The smallest absolute Gasteiger partial charge is 0.0783 e. The van der Waals surface area contributed by atoms with Gasteiger partial charge in [0.2, 0.25) is 0 Å². The maximum absolute atomic E-state index is 4.98. The molecule has 130 valence electrons. The minimum absolute atomic E-state index is 0.105. The zero-order valence-electron chi connectivity index (χ0n) is 16.6. The van der Waals surface area contributed by atoms with Crippen LogP contribution in [0.25, 0.3) is 21.7 Å². The average Bonchev–Trinajstić information content (AvgIpc) is 2.71. The van der Waals surface area contributed by atoms with Gasteiger partial charge in [-0.2, -0.15) is 0 Å². The highest BCUT2D eigenvalue weighted by Crippen LogP contribution is 2.64. The Bertz CT molecular complexity index is 1010. The van der Waals surface area contributed by atoms with Crippen LogP contribution in [-0.4, -0.2) is 4.98 Å². The molecule has 0 radical (unpaired) electrons. The molecular formula is C24H29N. The fourth-order valence-electron chi connectivity index (χ4n) is 5.24. The summed E-state index contributed by atoms with van der Waals surface area (Å²) >= 11 is 0. The molecule has 1 atom stereocenters. The first-order valence-corrected chi connectivity index (χ1v) is 9.49. The summed E-state index contributed by atoms with van der Waals surface area (Å²) in [4.78, 5) is 4.98. The van der Waals surface area contributed by atoms with Crippen LogP contribution in [0, 0.1) is 12.3 Å². The lowest BCUT2D eigenvalue weighted by atomic mass is 9.57. The van der Waals surface area contributed by atoms with Gasteiger partial charge in [0.15, 0.2) is 0 Å². The third-order valence-electron chi connectivity index (χ3n) is 7.96. The molecule has 0 saturated carbocycles. The van der Waals surface area contributed by atoms with E-state index in [-0.39, 0.29) is 16.2 Å². The minimum Gasteiger partial charge on any atom is -0.255 e. The number of hydrogen-bond donors (Lipinski definition) is 0. The molecule has 1 heterocycles. The number of pyridine rings is 1. The van der Waals surface area contributed by atoms with Crippen LogP contribution >= 0.6 is 0 Å². The van der Waals surface area contributed by atoms with Crippen molar-refractivity contribution in [3.8, 4) is 0 Å². The summed E-state index contributed by atoms with van der Waals surface area (Å²) in [5.74, 6) is 0. The van der Waals surface area contributed by atoms with Crippen molar-refractivity contribution in [2.45, 2.75) is 65.7 Å². The molecule has 2 aromatic carbocycles. The first kappa shape index (κ1) is 16.6. The van der Waals surface area contributed by atoms with Gasteiger partial charge in [0.1, 0.15) is 0 Å². The Morgan fingerprint density at radius 2 is 1.56 bits per heavy atom. The number of rotatable bonds is 1. The quantitative estimate of drug-likeness (QED) is 0.453. The van der Waals surface area contributed by atoms with Crippen molar-refractivity contribution in [3.05, 3.63) is 53.2 Å². The summed E-state index contributed by atoms with van der Waals surface area (Å²) in [6, 6.07) is 11.1. The van der Waals surface area contributed by atoms with E-state index in [0.717, 1.165) is 11.9 Å². The number of nitrogens with zero attached hydrogens (tertiary/aromatic N) is 1. The van der Waals surface area contributed by atoms with Gasteiger partial charge in [-0.05, 0) is 57.7 Å². The number of fused-ring (bicyclic) bond motifs is 5. The van der Waals surface area contributed by atoms with E-state index in [1.54, 1.807) is 0 Å². The van der Waals surface area contributed by atoms with Gasteiger partial charge in [-0.15, -0.1) is 0 Å². The van der Waals surface area contributed by atoms with E-state index in [4.69, 9.17) is 4.98 Å². The predicted molar refractivity (Wildman–Crippen MR) is 108 cm³/mol. The Labute approximate surface area is 151 Å². The Morgan fingerprint density at radius 3 is 2.20 bits per heavy atom. The van der Waals surface area contributed by atoms with Crippen LogP contribution in [0.3, 0.4) is 0 Å². The van der Waals surface area contributed by atoms with Gasteiger partial charge in [-0.3, -0.25) is 4.98 Å². The van der Waals surface area contributed by atoms with Crippen molar-refractivity contribution in [2.75, 3.05) is 0 Å². The van der Waals surface area contributed by atoms with E-state index in [9.17, 15) is 0 Å². The number of hydrogen-bond acceptors (Lipinski definition) is 1. The maximum atomic E-state index is 4.98. The Morgan fingerprint density at radius 1 is 0.920 bits per heavy atom. The second kappa shape index (κ2) is 4.84. The van der Waals surface area contributed by atoms with Crippen molar-refractivity contribution in [1.29, 1.82) is 0 Å². The third kappa shape index (κ3) is 1.77. The summed E-state index contributed by atoms with van der Waals surface area (Å²) in [5.41, 5.74) is 5.89. The lowest BCUT2D eigenvalue weighted by molar-refractivity contribution is 0.108. The van der Waals surface area contributed by atoms with Gasteiger partial charge in [0.25, 0.3) is 0 Å². The van der Waals surface area contributed by atoms with Crippen molar-refractivity contribution in [2.24, 2.45) is 5.41 Å². The highest BCUT2D eigenvalue weighted by molar-refractivity contribution is 6.08. The average molecular weight is 332 g/mol. The van der Waals surface area contributed by atoms with E-state index in [1.165, 1.54) is 32.8 Å².